The summed E-state index contributed by atoms with van der Waals surface area (Å²) in [6.07, 6.45) is -1.47. The fourth-order valence-corrected chi connectivity index (χ4v) is 1.16. The number of aliphatic hydroxyl groups excluding tert-OH is 1. The van der Waals surface area contributed by atoms with Gasteiger partial charge in [0.25, 0.3) is 0 Å². The van der Waals surface area contributed by atoms with Crippen LogP contribution in [-0.2, 0) is 11.2 Å². The van der Waals surface area contributed by atoms with E-state index in [1.807, 2.05) is 0 Å². The maximum atomic E-state index is 10.4. The summed E-state index contributed by atoms with van der Waals surface area (Å²) in [4.78, 5) is 10.4. The number of phenolic OH excluding ortho intramolecular Hbond substituents is 1. The van der Waals surface area contributed by atoms with Crippen molar-refractivity contribution < 1.29 is 24.9 Å². The van der Waals surface area contributed by atoms with E-state index in [4.69, 9.17) is 14.9 Å². The van der Waals surface area contributed by atoms with Crippen molar-refractivity contribution in [3.63, 3.8) is 0 Å². The Morgan fingerprint density at radius 1 is 1.53 bits per heavy atom. The van der Waals surface area contributed by atoms with Crippen LogP contribution >= 0.6 is 0 Å². The number of phenols is 1. The summed E-state index contributed by atoms with van der Waals surface area (Å²) in [6, 6.07) is 4.41. The largest absolute Gasteiger partial charge is 0.504 e. The second-order valence-corrected chi connectivity index (χ2v) is 3.06. The second kappa shape index (κ2) is 4.65. The van der Waals surface area contributed by atoms with Gasteiger partial charge in [0, 0.05) is 6.42 Å². The summed E-state index contributed by atoms with van der Waals surface area (Å²) >= 11 is 0. The quantitative estimate of drug-likeness (QED) is 0.672. The molecule has 0 aliphatic rings. The van der Waals surface area contributed by atoms with Gasteiger partial charge in [0.2, 0.25) is 0 Å². The number of aliphatic carboxylic acids is 1. The van der Waals surface area contributed by atoms with E-state index in [9.17, 15) is 9.90 Å². The number of aliphatic hydroxyl groups is 1. The predicted molar refractivity (Wildman–Crippen MR) is 52.0 cm³/mol. The summed E-state index contributed by atoms with van der Waals surface area (Å²) in [5, 5.41) is 26.9. The Bertz CT molecular complexity index is 361. The lowest BCUT2D eigenvalue weighted by Crippen LogP contribution is -2.21. The Labute approximate surface area is 86.5 Å². The number of carboxylic acid groups (broad SMARTS) is 1. The fraction of sp³-hybridized carbons (Fsp3) is 0.300. The number of hydrogen-bond donors (Lipinski definition) is 3. The average Bonchev–Trinajstić information content (AvgIpc) is 2.20. The average molecular weight is 212 g/mol. The lowest BCUT2D eigenvalue weighted by molar-refractivity contribution is -0.146. The van der Waals surface area contributed by atoms with Crippen molar-refractivity contribution in [1.82, 2.24) is 0 Å². The zero-order chi connectivity index (χ0) is 11.4. The summed E-state index contributed by atoms with van der Waals surface area (Å²) in [7, 11) is 1.40. The predicted octanol–water partition coefficient (Wildman–Crippen LogP) is 0.389. The van der Waals surface area contributed by atoms with E-state index >= 15 is 0 Å². The first-order chi connectivity index (χ1) is 7.04. The van der Waals surface area contributed by atoms with E-state index in [1.54, 1.807) is 0 Å². The van der Waals surface area contributed by atoms with Gasteiger partial charge in [0.15, 0.2) is 17.6 Å². The Balaban J connectivity index is 2.83. The van der Waals surface area contributed by atoms with Crippen molar-refractivity contribution in [1.29, 1.82) is 0 Å². The van der Waals surface area contributed by atoms with E-state index in [0.29, 0.717) is 5.56 Å². The van der Waals surface area contributed by atoms with Crippen molar-refractivity contribution in [2.45, 2.75) is 12.5 Å². The van der Waals surface area contributed by atoms with Gasteiger partial charge in [-0.25, -0.2) is 4.79 Å². The molecule has 1 aromatic rings. The number of carbonyl (C=O) groups is 1. The van der Waals surface area contributed by atoms with Crippen LogP contribution in [0.5, 0.6) is 11.5 Å². The van der Waals surface area contributed by atoms with Crippen molar-refractivity contribution in [2.24, 2.45) is 0 Å². The molecule has 0 bridgehead atoms. The SMILES string of the molecule is COc1cc(C[C@H](O)C(=O)O)ccc1O. The van der Waals surface area contributed by atoms with Crippen LogP contribution in [0.4, 0.5) is 0 Å². The van der Waals surface area contributed by atoms with Gasteiger partial charge < -0.3 is 20.1 Å². The Morgan fingerprint density at radius 3 is 2.73 bits per heavy atom. The third-order valence-electron chi connectivity index (χ3n) is 1.96. The van der Waals surface area contributed by atoms with E-state index in [2.05, 4.69) is 0 Å². The standard InChI is InChI=1S/C10H12O5/c1-15-9-5-6(2-3-7(9)11)4-8(12)10(13)14/h2-3,5,8,11-12H,4H2,1H3,(H,13,14)/t8-/m0/s1. The number of benzene rings is 1. The molecule has 0 amide bonds. The van der Waals surface area contributed by atoms with Gasteiger partial charge in [-0.05, 0) is 17.7 Å². The normalized spacial score (nSPS) is 12.1. The molecule has 0 aliphatic carbocycles. The minimum Gasteiger partial charge on any atom is -0.504 e. The van der Waals surface area contributed by atoms with Crippen LogP contribution in [0.1, 0.15) is 5.56 Å². The van der Waals surface area contributed by atoms with Crippen molar-refractivity contribution in [2.75, 3.05) is 7.11 Å². The topological polar surface area (TPSA) is 87.0 Å². The summed E-state index contributed by atoms with van der Waals surface area (Å²) < 4.78 is 4.85. The molecule has 3 N–H and O–H groups in total. The Hall–Kier alpha value is -1.75. The molecule has 1 atom stereocenters. The highest BCUT2D eigenvalue weighted by molar-refractivity contribution is 5.72. The highest BCUT2D eigenvalue weighted by Gasteiger charge is 2.14. The first-order valence-electron chi connectivity index (χ1n) is 4.31. The van der Waals surface area contributed by atoms with E-state index in [1.165, 1.54) is 25.3 Å². The van der Waals surface area contributed by atoms with Crippen LogP contribution in [0.15, 0.2) is 18.2 Å². The molecular weight excluding hydrogens is 200 g/mol. The van der Waals surface area contributed by atoms with Crippen LogP contribution in [-0.4, -0.2) is 34.5 Å². The molecule has 0 spiro atoms. The molecule has 82 valence electrons. The molecule has 5 nitrogen and oxygen atoms in total. The van der Waals surface area contributed by atoms with Crippen LogP contribution in [0.3, 0.4) is 0 Å². The van der Waals surface area contributed by atoms with Gasteiger partial charge >= 0.3 is 5.97 Å². The molecule has 15 heavy (non-hydrogen) atoms. The molecule has 0 fully saturated rings. The van der Waals surface area contributed by atoms with Crippen LogP contribution in [0, 0.1) is 0 Å². The van der Waals surface area contributed by atoms with E-state index in [-0.39, 0.29) is 17.9 Å². The molecule has 0 saturated heterocycles. The highest BCUT2D eigenvalue weighted by atomic mass is 16.5. The van der Waals surface area contributed by atoms with E-state index in [0.717, 1.165) is 0 Å². The lowest BCUT2D eigenvalue weighted by Gasteiger charge is -2.08. The van der Waals surface area contributed by atoms with Gasteiger partial charge in [-0.15, -0.1) is 0 Å². The third kappa shape index (κ3) is 2.85. The molecule has 0 aromatic heterocycles. The number of ether oxygens (including phenoxy) is 1. The number of rotatable bonds is 4. The lowest BCUT2D eigenvalue weighted by atomic mass is 10.1. The van der Waals surface area contributed by atoms with Gasteiger partial charge in [-0.3, -0.25) is 0 Å². The highest BCUT2D eigenvalue weighted by Crippen LogP contribution is 2.26. The van der Waals surface area contributed by atoms with Gasteiger partial charge in [0.1, 0.15) is 0 Å². The molecular formula is C10H12O5. The molecule has 0 radical (unpaired) electrons. The summed E-state index contributed by atoms with van der Waals surface area (Å²) in [5.74, 6) is -1.04. The molecule has 5 heteroatoms. The van der Waals surface area contributed by atoms with Crippen LogP contribution in [0.2, 0.25) is 0 Å². The van der Waals surface area contributed by atoms with Crippen molar-refractivity contribution >= 4 is 5.97 Å². The fourth-order valence-electron chi connectivity index (χ4n) is 1.16. The first-order valence-corrected chi connectivity index (χ1v) is 4.31. The van der Waals surface area contributed by atoms with Crippen molar-refractivity contribution in [3.8, 4) is 11.5 Å². The zero-order valence-electron chi connectivity index (χ0n) is 8.17. The number of hydrogen-bond acceptors (Lipinski definition) is 4. The molecule has 0 aliphatic heterocycles. The number of carboxylic acids is 1. The van der Waals surface area contributed by atoms with Crippen molar-refractivity contribution in [3.05, 3.63) is 23.8 Å². The minimum atomic E-state index is -1.45. The monoisotopic (exact) mass is 212 g/mol. The molecule has 1 rings (SSSR count). The number of aromatic hydroxyl groups is 1. The molecule has 0 unspecified atom stereocenters. The first kappa shape index (κ1) is 11.3. The summed E-state index contributed by atoms with van der Waals surface area (Å²) in [5.41, 5.74) is 0.583. The summed E-state index contributed by atoms with van der Waals surface area (Å²) in [6.45, 7) is 0. The Morgan fingerprint density at radius 2 is 2.20 bits per heavy atom. The maximum Gasteiger partial charge on any atom is 0.332 e. The smallest absolute Gasteiger partial charge is 0.332 e. The minimum absolute atomic E-state index is 0.0219. The molecule has 1 aromatic carbocycles. The Kier molecular flexibility index (Phi) is 3.51. The zero-order valence-corrected chi connectivity index (χ0v) is 8.17. The maximum absolute atomic E-state index is 10.4. The van der Waals surface area contributed by atoms with Gasteiger partial charge in [-0.2, -0.15) is 0 Å². The molecule has 0 heterocycles. The second-order valence-electron chi connectivity index (χ2n) is 3.06. The van der Waals surface area contributed by atoms with Gasteiger partial charge in [-0.1, -0.05) is 6.07 Å². The van der Waals surface area contributed by atoms with Gasteiger partial charge in [0.05, 0.1) is 7.11 Å². The van der Waals surface area contributed by atoms with Crippen LogP contribution < -0.4 is 4.74 Å². The van der Waals surface area contributed by atoms with Crippen LogP contribution in [0.25, 0.3) is 0 Å². The number of methoxy groups -OCH3 is 1. The molecule has 0 saturated carbocycles. The third-order valence-corrected chi connectivity index (χ3v) is 1.96. The van der Waals surface area contributed by atoms with E-state index < -0.39 is 12.1 Å².